The van der Waals surface area contributed by atoms with Gasteiger partial charge in [-0.2, -0.15) is 0 Å². The molecular weight excluding hydrogens is 234 g/mol. The molecule has 2 aromatic carbocycles. The Morgan fingerprint density at radius 2 is 1.68 bits per heavy atom. The summed E-state index contributed by atoms with van der Waals surface area (Å²) in [6.45, 7) is 0. The topological polar surface area (TPSA) is 39.2 Å². The zero-order chi connectivity index (χ0) is 13.1. The molecule has 1 aromatic heterocycles. The lowest BCUT2D eigenvalue weighted by atomic mass is 10.0. The van der Waals surface area contributed by atoms with Crippen LogP contribution in [0.4, 0.5) is 0 Å². The van der Waals surface area contributed by atoms with Gasteiger partial charge in [0.05, 0.1) is 0 Å². The van der Waals surface area contributed by atoms with Crippen molar-refractivity contribution in [2.75, 3.05) is 0 Å². The van der Waals surface area contributed by atoms with Crippen molar-refractivity contribution in [1.29, 1.82) is 0 Å². The molecule has 0 aliphatic carbocycles. The summed E-state index contributed by atoms with van der Waals surface area (Å²) in [5, 5.41) is 1.16. The lowest BCUT2D eigenvalue weighted by Gasteiger charge is -2.10. The third kappa shape index (κ3) is 2.69. The Balaban J connectivity index is 1.69. The molecule has 2 N–H and O–H groups in total. The van der Waals surface area contributed by atoms with E-state index in [1.165, 1.54) is 5.56 Å². The zero-order valence-corrected chi connectivity index (χ0v) is 10.8. The van der Waals surface area contributed by atoms with E-state index in [0.29, 0.717) is 0 Å². The Morgan fingerprint density at radius 1 is 0.947 bits per heavy atom. The van der Waals surface area contributed by atoms with Gasteiger partial charge in [0.15, 0.2) is 0 Å². The highest BCUT2D eigenvalue weighted by Gasteiger charge is 2.08. The first-order valence-corrected chi connectivity index (χ1v) is 6.61. The number of benzene rings is 2. The smallest absolute Gasteiger partial charge is 0.134 e. The summed E-state index contributed by atoms with van der Waals surface area (Å²) in [5.41, 5.74) is 8.32. The van der Waals surface area contributed by atoms with E-state index >= 15 is 0 Å². The molecule has 0 aliphatic heterocycles. The summed E-state index contributed by atoms with van der Waals surface area (Å²) < 4.78 is 5.80. The number of para-hydroxylation sites is 1. The van der Waals surface area contributed by atoms with Crippen LogP contribution in [-0.2, 0) is 6.42 Å². The van der Waals surface area contributed by atoms with Crippen LogP contribution in [0, 0.1) is 0 Å². The summed E-state index contributed by atoms with van der Waals surface area (Å²) >= 11 is 0. The summed E-state index contributed by atoms with van der Waals surface area (Å²) in [6, 6.07) is 20.5. The molecule has 0 saturated heterocycles. The maximum absolute atomic E-state index is 6.20. The summed E-state index contributed by atoms with van der Waals surface area (Å²) in [5.74, 6) is 1.01. The van der Waals surface area contributed by atoms with Gasteiger partial charge in [-0.05, 0) is 24.1 Å². The fraction of sp³-hybridized carbons (Fsp3) is 0.176. The van der Waals surface area contributed by atoms with Gasteiger partial charge in [-0.15, -0.1) is 0 Å². The third-order valence-electron chi connectivity index (χ3n) is 3.41. The largest absolute Gasteiger partial charge is 0.461 e. The van der Waals surface area contributed by atoms with E-state index in [1.807, 2.05) is 36.4 Å². The van der Waals surface area contributed by atoms with E-state index in [-0.39, 0.29) is 6.04 Å². The number of furan rings is 1. The van der Waals surface area contributed by atoms with Crippen molar-refractivity contribution in [3.8, 4) is 0 Å². The molecule has 2 nitrogen and oxygen atoms in total. The summed E-state index contributed by atoms with van der Waals surface area (Å²) in [4.78, 5) is 0. The van der Waals surface area contributed by atoms with Gasteiger partial charge in [-0.25, -0.2) is 0 Å². The molecule has 96 valence electrons. The average molecular weight is 251 g/mol. The molecule has 0 aliphatic rings. The molecule has 3 rings (SSSR count). The Labute approximate surface area is 112 Å². The Kier molecular flexibility index (Phi) is 3.34. The zero-order valence-electron chi connectivity index (χ0n) is 10.8. The maximum Gasteiger partial charge on any atom is 0.134 e. The van der Waals surface area contributed by atoms with E-state index in [2.05, 4.69) is 24.3 Å². The fourth-order valence-corrected chi connectivity index (χ4v) is 2.32. The van der Waals surface area contributed by atoms with E-state index in [4.69, 9.17) is 10.2 Å². The van der Waals surface area contributed by atoms with Crippen LogP contribution in [-0.4, -0.2) is 0 Å². The number of nitrogens with two attached hydrogens (primary N) is 1. The SMILES string of the molecule is NC(CCc1cc2ccccc2o1)c1ccccc1. The second-order valence-corrected chi connectivity index (χ2v) is 4.81. The first kappa shape index (κ1) is 12.0. The van der Waals surface area contributed by atoms with Crippen molar-refractivity contribution in [1.82, 2.24) is 0 Å². The average Bonchev–Trinajstić information content (AvgIpc) is 2.88. The fourth-order valence-electron chi connectivity index (χ4n) is 2.32. The quantitative estimate of drug-likeness (QED) is 0.759. The number of fused-ring (bicyclic) bond motifs is 1. The summed E-state index contributed by atoms with van der Waals surface area (Å²) in [6.07, 6.45) is 1.76. The van der Waals surface area contributed by atoms with Crippen LogP contribution in [0.3, 0.4) is 0 Å². The van der Waals surface area contributed by atoms with Crippen molar-refractivity contribution >= 4 is 11.0 Å². The molecule has 2 heteroatoms. The molecule has 0 saturated carbocycles. The Hall–Kier alpha value is -2.06. The molecule has 19 heavy (non-hydrogen) atoms. The van der Waals surface area contributed by atoms with Crippen molar-refractivity contribution in [3.05, 3.63) is 72.0 Å². The minimum Gasteiger partial charge on any atom is -0.461 e. The molecule has 0 fully saturated rings. The molecule has 0 radical (unpaired) electrons. The van der Waals surface area contributed by atoms with Gasteiger partial charge < -0.3 is 10.2 Å². The standard InChI is InChI=1S/C17H17NO/c18-16(13-6-2-1-3-7-13)11-10-15-12-14-8-4-5-9-17(14)19-15/h1-9,12,16H,10-11,18H2. The number of aryl methyl sites for hydroxylation is 1. The van der Waals surface area contributed by atoms with Crippen LogP contribution in [0.15, 0.2) is 65.1 Å². The normalized spacial score (nSPS) is 12.7. The predicted octanol–water partition coefficient (Wildman–Crippen LogP) is 4.07. The number of hydrogen-bond acceptors (Lipinski definition) is 2. The van der Waals surface area contributed by atoms with Gasteiger partial charge in [0, 0.05) is 17.8 Å². The van der Waals surface area contributed by atoms with Crippen LogP contribution >= 0.6 is 0 Å². The molecule has 1 heterocycles. The maximum atomic E-state index is 6.20. The van der Waals surface area contributed by atoms with Gasteiger partial charge in [0.25, 0.3) is 0 Å². The van der Waals surface area contributed by atoms with E-state index in [9.17, 15) is 0 Å². The minimum absolute atomic E-state index is 0.0643. The van der Waals surface area contributed by atoms with E-state index in [1.54, 1.807) is 0 Å². The minimum atomic E-state index is 0.0643. The molecule has 0 bridgehead atoms. The monoisotopic (exact) mass is 251 g/mol. The molecule has 0 amide bonds. The van der Waals surface area contributed by atoms with Gasteiger partial charge in [0.1, 0.15) is 11.3 Å². The van der Waals surface area contributed by atoms with E-state index in [0.717, 1.165) is 29.6 Å². The molecule has 0 spiro atoms. The Bertz CT molecular complexity index is 624. The Morgan fingerprint density at radius 3 is 2.47 bits per heavy atom. The molecular formula is C17H17NO. The highest BCUT2D eigenvalue weighted by molar-refractivity contribution is 5.77. The number of rotatable bonds is 4. The lowest BCUT2D eigenvalue weighted by Crippen LogP contribution is -2.10. The second-order valence-electron chi connectivity index (χ2n) is 4.81. The third-order valence-corrected chi connectivity index (χ3v) is 3.41. The van der Waals surface area contributed by atoms with Crippen LogP contribution in [0.2, 0.25) is 0 Å². The van der Waals surface area contributed by atoms with Crippen LogP contribution in [0.5, 0.6) is 0 Å². The van der Waals surface area contributed by atoms with Gasteiger partial charge in [0.2, 0.25) is 0 Å². The van der Waals surface area contributed by atoms with Crippen LogP contribution in [0.1, 0.15) is 23.8 Å². The first-order valence-electron chi connectivity index (χ1n) is 6.61. The molecule has 1 atom stereocenters. The van der Waals surface area contributed by atoms with Crippen LogP contribution in [0.25, 0.3) is 11.0 Å². The van der Waals surface area contributed by atoms with Crippen molar-refractivity contribution in [2.45, 2.75) is 18.9 Å². The molecule has 3 aromatic rings. The van der Waals surface area contributed by atoms with Crippen molar-refractivity contribution in [3.63, 3.8) is 0 Å². The van der Waals surface area contributed by atoms with Crippen molar-refractivity contribution < 1.29 is 4.42 Å². The molecule has 1 unspecified atom stereocenters. The summed E-state index contributed by atoms with van der Waals surface area (Å²) in [7, 11) is 0. The van der Waals surface area contributed by atoms with Crippen LogP contribution < -0.4 is 5.73 Å². The lowest BCUT2D eigenvalue weighted by molar-refractivity contribution is 0.519. The number of hydrogen-bond donors (Lipinski definition) is 1. The van der Waals surface area contributed by atoms with Crippen molar-refractivity contribution in [2.24, 2.45) is 5.73 Å². The van der Waals surface area contributed by atoms with Gasteiger partial charge in [-0.1, -0.05) is 48.5 Å². The second kappa shape index (κ2) is 5.29. The highest BCUT2D eigenvalue weighted by Crippen LogP contribution is 2.22. The van der Waals surface area contributed by atoms with Gasteiger partial charge >= 0.3 is 0 Å². The first-order chi connectivity index (χ1) is 9.33. The highest BCUT2D eigenvalue weighted by atomic mass is 16.3. The van der Waals surface area contributed by atoms with Gasteiger partial charge in [-0.3, -0.25) is 0 Å². The van der Waals surface area contributed by atoms with E-state index < -0.39 is 0 Å². The predicted molar refractivity (Wildman–Crippen MR) is 77.9 cm³/mol.